The summed E-state index contributed by atoms with van der Waals surface area (Å²) in [5.74, 6) is -1.44. The second-order valence-electron chi connectivity index (χ2n) is 2.91. The molecule has 1 aromatic rings. The van der Waals surface area contributed by atoms with Gasteiger partial charge in [-0.25, -0.2) is 0 Å². The number of carbonyl (C=O) groups excluding carboxylic acids is 1. The minimum atomic E-state index is -1.40. The van der Waals surface area contributed by atoms with Gasteiger partial charge < -0.3 is 0 Å². The minimum absolute atomic E-state index is 0.365. The number of halogens is 1. The summed E-state index contributed by atoms with van der Waals surface area (Å²) in [4.78, 5) is 21.6. The van der Waals surface area contributed by atoms with E-state index >= 15 is 0 Å². The number of carboxylic acids is 1. The molecule has 0 aliphatic heterocycles. The van der Waals surface area contributed by atoms with Gasteiger partial charge >= 0.3 is 103 Å². The van der Waals surface area contributed by atoms with E-state index in [0.29, 0.717) is 5.56 Å². The van der Waals surface area contributed by atoms with Gasteiger partial charge in [0.05, 0.1) is 0 Å². The zero-order valence-electron chi connectivity index (χ0n) is 7.87. The van der Waals surface area contributed by atoms with Crippen molar-refractivity contribution < 1.29 is 38.0 Å². The van der Waals surface area contributed by atoms with Gasteiger partial charge in [-0.15, -0.1) is 0 Å². The number of benzene rings is 1. The monoisotopic (exact) mass is 415 g/mol. The topological polar surface area (TPSA) is 66.4 Å². The Hall–Kier alpha value is -0.615. The van der Waals surface area contributed by atoms with Gasteiger partial charge in [-0.1, -0.05) is 0 Å². The van der Waals surface area contributed by atoms with Crippen molar-refractivity contribution in [3.05, 3.63) is 29.8 Å². The van der Waals surface area contributed by atoms with E-state index < -0.39 is 29.3 Å². The van der Waals surface area contributed by atoms with Crippen molar-refractivity contribution in [2.24, 2.45) is 0 Å². The van der Waals surface area contributed by atoms with Gasteiger partial charge in [-0.3, -0.25) is 0 Å². The number of amides is 1. The third kappa shape index (κ3) is 4.18. The molecule has 1 aromatic carbocycles. The maximum absolute atomic E-state index is 11.4. The molecule has 1 amide bonds. The summed E-state index contributed by atoms with van der Waals surface area (Å²) in [6.45, 7) is -0.365. The van der Waals surface area contributed by atoms with Crippen LogP contribution in [0.2, 0.25) is 0 Å². The molecular weight excluding hydrogens is 406 g/mol. The standard InChI is InChI=1S/C9H8NO3.ClH.Hg/c11-8(12)6-10-9(13)7-4-2-1-3-5-7;;/h2-5H,6H2,(H,10,13)(H,11,12);1H;/q;;+1/p-1. The molecule has 0 radical (unpaired) electrons. The predicted octanol–water partition coefficient (Wildman–Crippen LogP) is 0.363. The first-order valence-corrected chi connectivity index (χ1v) is 13.8. The third-order valence-electron chi connectivity index (χ3n) is 1.77. The van der Waals surface area contributed by atoms with E-state index in [1.165, 1.54) is 0 Å². The van der Waals surface area contributed by atoms with E-state index in [-0.39, 0.29) is 12.5 Å². The van der Waals surface area contributed by atoms with E-state index in [1.54, 1.807) is 12.1 Å². The molecule has 0 saturated heterocycles. The quantitative estimate of drug-likeness (QED) is 0.700. The van der Waals surface area contributed by atoms with E-state index in [1.807, 2.05) is 12.1 Å². The van der Waals surface area contributed by atoms with Crippen LogP contribution in [-0.4, -0.2) is 23.5 Å². The molecule has 0 fully saturated rings. The SMILES string of the molecule is O=C(O)CNC(=O)c1cc[c]([Hg][Cl])cc1. The van der Waals surface area contributed by atoms with Gasteiger partial charge in [0.2, 0.25) is 0 Å². The van der Waals surface area contributed by atoms with Crippen LogP contribution in [0.25, 0.3) is 0 Å². The van der Waals surface area contributed by atoms with Crippen LogP contribution in [0.15, 0.2) is 24.3 Å². The molecule has 0 heterocycles. The van der Waals surface area contributed by atoms with E-state index in [2.05, 4.69) is 5.32 Å². The Labute approximate surface area is 102 Å². The first-order valence-electron chi connectivity index (χ1n) is 4.28. The molecule has 0 saturated carbocycles. The van der Waals surface area contributed by atoms with Gasteiger partial charge in [0.1, 0.15) is 0 Å². The van der Waals surface area contributed by atoms with Crippen molar-refractivity contribution in [3.63, 3.8) is 0 Å². The van der Waals surface area contributed by atoms with Crippen LogP contribution in [0.1, 0.15) is 10.4 Å². The second kappa shape index (κ2) is 6.07. The van der Waals surface area contributed by atoms with Crippen molar-refractivity contribution in [1.82, 2.24) is 5.32 Å². The Morgan fingerprint density at radius 1 is 1.33 bits per heavy atom. The zero-order valence-corrected chi connectivity index (χ0v) is 14.1. The fraction of sp³-hybridized carbons (Fsp3) is 0.111. The zero-order chi connectivity index (χ0) is 11.3. The van der Waals surface area contributed by atoms with Crippen LogP contribution in [0.3, 0.4) is 0 Å². The molecule has 0 aliphatic carbocycles. The Balaban J connectivity index is 2.62. The molecule has 0 spiro atoms. The predicted molar refractivity (Wildman–Crippen MR) is 51.9 cm³/mol. The first-order chi connectivity index (χ1) is 7.13. The van der Waals surface area contributed by atoms with Crippen molar-refractivity contribution in [3.8, 4) is 0 Å². The second-order valence-corrected chi connectivity index (χ2v) is 9.47. The molecule has 4 nitrogen and oxygen atoms in total. The van der Waals surface area contributed by atoms with Gasteiger partial charge in [0, 0.05) is 0 Å². The molecular formula is C9H8ClHgNO3. The molecule has 6 heteroatoms. The van der Waals surface area contributed by atoms with Crippen molar-refractivity contribution in [2.45, 2.75) is 0 Å². The van der Waals surface area contributed by atoms with Crippen LogP contribution in [0.5, 0.6) is 0 Å². The number of rotatable bonds is 4. The normalized spacial score (nSPS) is 9.13. The molecule has 0 atom stereocenters. The summed E-state index contributed by atoms with van der Waals surface area (Å²) in [5.41, 5.74) is 0.457. The van der Waals surface area contributed by atoms with Crippen LogP contribution in [0.4, 0.5) is 0 Å². The molecule has 15 heavy (non-hydrogen) atoms. The van der Waals surface area contributed by atoms with E-state index in [9.17, 15) is 9.59 Å². The summed E-state index contributed by atoms with van der Waals surface area (Å²) >= 11 is -1.40. The molecule has 2 N–H and O–H groups in total. The molecule has 0 aromatic heterocycles. The van der Waals surface area contributed by atoms with Crippen LogP contribution in [0, 0.1) is 0 Å². The van der Waals surface area contributed by atoms with E-state index in [0.717, 1.165) is 3.07 Å². The van der Waals surface area contributed by atoms with Gasteiger partial charge in [-0.2, -0.15) is 0 Å². The number of nitrogens with one attached hydrogen (secondary N) is 1. The first kappa shape index (κ1) is 12.5. The maximum atomic E-state index is 11.4. The van der Waals surface area contributed by atoms with Crippen molar-refractivity contribution in [2.75, 3.05) is 6.54 Å². The van der Waals surface area contributed by atoms with Crippen molar-refractivity contribution >= 4 is 23.2 Å². The Morgan fingerprint density at radius 2 is 1.93 bits per heavy atom. The Bertz CT molecular complexity index is 366. The third-order valence-corrected chi connectivity index (χ3v) is 7.51. The average Bonchev–Trinajstić information content (AvgIpc) is 2.26. The van der Waals surface area contributed by atoms with Crippen molar-refractivity contribution in [1.29, 1.82) is 0 Å². The number of aliphatic carboxylic acids is 1. The number of carboxylic acid groups (broad SMARTS) is 1. The summed E-state index contributed by atoms with van der Waals surface area (Å²) in [7, 11) is 5.81. The van der Waals surface area contributed by atoms with Gasteiger partial charge in [0.25, 0.3) is 0 Å². The molecule has 0 bridgehead atoms. The van der Waals surface area contributed by atoms with Gasteiger partial charge in [-0.05, 0) is 0 Å². The molecule has 0 unspecified atom stereocenters. The van der Waals surface area contributed by atoms with Crippen LogP contribution >= 0.6 is 8.25 Å². The molecule has 0 aliphatic rings. The summed E-state index contributed by atoms with van der Waals surface area (Å²) in [5, 5.41) is 10.7. The van der Waals surface area contributed by atoms with Crippen LogP contribution in [-0.2, 0) is 28.1 Å². The Morgan fingerprint density at radius 3 is 2.40 bits per heavy atom. The fourth-order valence-corrected chi connectivity index (χ4v) is 4.18. The summed E-state index contributed by atoms with van der Waals surface area (Å²) in [6, 6.07) is 6.97. The van der Waals surface area contributed by atoms with E-state index in [4.69, 9.17) is 13.4 Å². The summed E-state index contributed by atoms with van der Waals surface area (Å²) < 4.78 is 1.13. The Kier molecular flexibility index (Phi) is 5.04. The summed E-state index contributed by atoms with van der Waals surface area (Å²) in [6.07, 6.45) is 0. The number of carbonyl (C=O) groups is 2. The van der Waals surface area contributed by atoms with Gasteiger partial charge in [0.15, 0.2) is 0 Å². The van der Waals surface area contributed by atoms with Crippen LogP contribution < -0.4 is 8.39 Å². The number of hydrogen-bond donors (Lipinski definition) is 2. The fourth-order valence-electron chi connectivity index (χ4n) is 1.00. The average molecular weight is 414 g/mol. The molecule has 1 rings (SSSR count). The molecule has 76 valence electrons. The number of hydrogen-bond acceptors (Lipinski definition) is 2.